The van der Waals surface area contributed by atoms with Crippen molar-refractivity contribution in [3.8, 4) is 0 Å². The van der Waals surface area contributed by atoms with Crippen molar-refractivity contribution in [2.24, 2.45) is 0 Å². The van der Waals surface area contributed by atoms with Crippen LogP contribution < -0.4 is 0 Å². The zero-order valence-electron chi connectivity index (χ0n) is 7.28. The monoisotopic (exact) mass is 194 g/mol. The fourth-order valence-electron chi connectivity index (χ4n) is 0.765. The van der Waals surface area contributed by atoms with Crippen molar-refractivity contribution in [1.82, 2.24) is 0 Å². The Morgan fingerprint density at radius 2 is 1.83 bits per heavy atom. The molecule has 4 heteroatoms. The van der Waals surface area contributed by atoms with Gasteiger partial charge in [-0.05, 0) is 18.6 Å². The lowest BCUT2D eigenvalue weighted by atomic mass is 10.3. The summed E-state index contributed by atoms with van der Waals surface area (Å²) in [6.45, 7) is 0.119. The lowest BCUT2D eigenvalue weighted by molar-refractivity contribution is 0.113. The van der Waals surface area contributed by atoms with E-state index in [1.807, 2.05) is 0 Å². The van der Waals surface area contributed by atoms with Gasteiger partial charge in [0.1, 0.15) is 0 Å². The van der Waals surface area contributed by atoms with Crippen LogP contribution in [0.25, 0.3) is 0 Å². The zero-order valence-corrected chi connectivity index (χ0v) is 8.09. The van der Waals surface area contributed by atoms with Gasteiger partial charge in [-0.15, -0.1) is 0 Å². The van der Waals surface area contributed by atoms with E-state index in [-0.39, 0.29) is 13.2 Å². The number of thioether (sulfide) groups is 1. The Labute approximate surface area is 77.8 Å². The molecule has 0 spiro atoms. The third kappa shape index (κ3) is 8.33. The minimum Gasteiger partial charge on any atom is -0.396 e. The molecule has 0 aliphatic heterocycles. The summed E-state index contributed by atoms with van der Waals surface area (Å²) in [6.07, 6.45) is 2.40. The fourth-order valence-corrected chi connectivity index (χ4v) is 1.72. The first-order valence-corrected chi connectivity index (χ1v) is 5.44. The van der Waals surface area contributed by atoms with E-state index in [2.05, 4.69) is 0 Å². The average Bonchev–Trinajstić information content (AvgIpc) is 2.10. The lowest BCUT2D eigenvalue weighted by Crippen LogP contribution is -2.14. The first-order valence-electron chi connectivity index (χ1n) is 4.28. The SMILES string of the molecule is OCCCCCSCC(O)CO. The van der Waals surface area contributed by atoms with Crippen LogP contribution in [0.5, 0.6) is 0 Å². The predicted molar refractivity (Wildman–Crippen MR) is 51.4 cm³/mol. The molecule has 0 amide bonds. The van der Waals surface area contributed by atoms with Crippen LogP contribution in [-0.2, 0) is 0 Å². The molecule has 0 aromatic rings. The van der Waals surface area contributed by atoms with Crippen molar-refractivity contribution in [2.75, 3.05) is 24.7 Å². The molecular weight excluding hydrogens is 176 g/mol. The van der Waals surface area contributed by atoms with E-state index < -0.39 is 6.10 Å². The van der Waals surface area contributed by atoms with Crippen LogP contribution in [0.3, 0.4) is 0 Å². The molecule has 0 saturated carbocycles. The molecule has 0 heterocycles. The second-order valence-corrected chi connectivity index (χ2v) is 3.85. The summed E-state index contributed by atoms with van der Waals surface area (Å²) >= 11 is 1.64. The van der Waals surface area contributed by atoms with Gasteiger partial charge >= 0.3 is 0 Å². The van der Waals surface area contributed by atoms with Crippen molar-refractivity contribution < 1.29 is 15.3 Å². The Balaban J connectivity index is 2.90. The summed E-state index contributed by atoms with van der Waals surface area (Å²) < 4.78 is 0. The highest BCUT2D eigenvalue weighted by Gasteiger charge is 2.00. The summed E-state index contributed by atoms with van der Waals surface area (Å²) in [5, 5.41) is 25.9. The highest BCUT2D eigenvalue weighted by Crippen LogP contribution is 2.07. The molecule has 0 rings (SSSR count). The maximum atomic E-state index is 8.95. The fraction of sp³-hybridized carbons (Fsp3) is 1.00. The molecule has 0 fully saturated rings. The van der Waals surface area contributed by atoms with Crippen LogP contribution in [-0.4, -0.2) is 46.1 Å². The van der Waals surface area contributed by atoms with Crippen LogP contribution >= 0.6 is 11.8 Å². The molecule has 3 nitrogen and oxygen atoms in total. The van der Waals surface area contributed by atoms with Crippen LogP contribution in [0.15, 0.2) is 0 Å². The summed E-state index contributed by atoms with van der Waals surface area (Å²) in [7, 11) is 0. The van der Waals surface area contributed by atoms with Crippen molar-refractivity contribution in [3.63, 3.8) is 0 Å². The van der Waals surface area contributed by atoms with E-state index in [0.29, 0.717) is 5.75 Å². The molecule has 0 aliphatic carbocycles. The smallest absolute Gasteiger partial charge is 0.0861 e. The Morgan fingerprint density at radius 3 is 2.42 bits per heavy atom. The highest BCUT2D eigenvalue weighted by atomic mass is 32.2. The molecular formula is C8H18O3S. The number of aliphatic hydroxyl groups is 3. The first-order chi connectivity index (χ1) is 5.81. The third-order valence-electron chi connectivity index (χ3n) is 1.47. The van der Waals surface area contributed by atoms with Gasteiger partial charge < -0.3 is 15.3 Å². The van der Waals surface area contributed by atoms with Crippen molar-refractivity contribution in [2.45, 2.75) is 25.4 Å². The number of unbranched alkanes of at least 4 members (excludes halogenated alkanes) is 2. The topological polar surface area (TPSA) is 60.7 Å². The highest BCUT2D eigenvalue weighted by molar-refractivity contribution is 7.99. The quantitative estimate of drug-likeness (QED) is 0.484. The van der Waals surface area contributed by atoms with Crippen molar-refractivity contribution >= 4 is 11.8 Å². The van der Waals surface area contributed by atoms with Crippen LogP contribution in [0.2, 0.25) is 0 Å². The molecule has 1 unspecified atom stereocenters. The van der Waals surface area contributed by atoms with E-state index >= 15 is 0 Å². The van der Waals surface area contributed by atoms with E-state index in [1.54, 1.807) is 11.8 Å². The maximum absolute atomic E-state index is 8.95. The Morgan fingerprint density at radius 1 is 1.08 bits per heavy atom. The first kappa shape index (κ1) is 12.2. The normalized spacial score (nSPS) is 13.2. The van der Waals surface area contributed by atoms with Crippen LogP contribution in [0, 0.1) is 0 Å². The van der Waals surface area contributed by atoms with Crippen LogP contribution in [0.1, 0.15) is 19.3 Å². The molecule has 3 N–H and O–H groups in total. The van der Waals surface area contributed by atoms with E-state index in [4.69, 9.17) is 15.3 Å². The van der Waals surface area contributed by atoms with Gasteiger partial charge in [0.15, 0.2) is 0 Å². The zero-order chi connectivity index (χ0) is 9.23. The maximum Gasteiger partial charge on any atom is 0.0861 e. The van der Waals surface area contributed by atoms with Gasteiger partial charge in [0.25, 0.3) is 0 Å². The number of hydrogen-bond donors (Lipinski definition) is 3. The number of hydrogen-bond acceptors (Lipinski definition) is 4. The molecule has 74 valence electrons. The largest absolute Gasteiger partial charge is 0.396 e. The third-order valence-corrected chi connectivity index (χ3v) is 2.67. The summed E-state index contributed by atoms with van der Waals surface area (Å²) in [6, 6.07) is 0. The van der Waals surface area contributed by atoms with Crippen molar-refractivity contribution in [1.29, 1.82) is 0 Å². The second-order valence-electron chi connectivity index (χ2n) is 2.70. The summed E-state index contributed by atoms with van der Waals surface area (Å²) in [4.78, 5) is 0. The molecule has 0 bridgehead atoms. The summed E-state index contributed by atoms with van der Waals surface area (Å²) in [5.41, 5.74) is 0. The Hall–Kier alpha value is 0.230. The predicted octanol–water partition coefficient (Wildman–Crippen LogP) is 0.235. The van der Waals surface area contributed by atoms with Gasteiger partial charge in [0.05, 0.1) is 12.7 Å². The van der Waals surface area contributed by atoms with E-state index in [1.165, 1.54) is 0 Å². The van der Waals surface area contributed by atoms with Crippen molar-refractivity contribution in [3.05, 3.63) is 0 Å². The number of rotatable bonds is 8. The van der Waals surface area contributed by atoms with Gasteiger partial charge in [-0.1, -0.05) is 6.42 Å². The molecule has 12 heavy (non-hydrogen) atoms. The van der Waals surface area contributed by atoms with E-state index in [9.17, 15) is 0 Å². The van der Waals surface area contributed by atoms with Gasteiger partial charge in [-0.25, -0.2) is 0 Å². The minimum atomic E-state index is -0.576. The van der Waals surface area contributed by atoms with E-state index in [0.717, 1.165) is 25.0 Å². The van der Waals surface area contributed by atoms with Crippen LogP contribution in [0.4, 0.5) is 0 Å². The molecule has 0 saturated heterocycles. The molecule has 0 aliphatic rings. The molecule has 0 radical (unpaired) electrons. The molecule has 0 aromatic carbocycles. The standard InChI is InChI=1S/C8H18O3S/c9-4-2-1-3-5-12-7-8(11)6-10/h8-11H,1-7H2. The summed E-state index contributed by atoms with van der Waals surface area (Å²) in [5.74, 6) is 1.60. The molecule has 1 atom stereocenters. The van der Waals surface area contributed by atoms with Gasteiger partial charge in [-0.2, -0.15) is 11.8 Å². The van der Waals surface area contributed by atoms with Gasteiger partial charge in [0.2, 0.25) is 0 Å². The number of aliphatic hydroxyl groups excluding tert-OH is 3. The van der Waals surface area contributed by atoms with Gasteiger partial charge in [-0.3, -0.25) is 0 Å². The van der Waals surface area contributed by atoms with Gasteiger partial charge in [0, 0.05) is 12.4 Å². The molecule has 0 aromatic heterocycles. The lowest BCUT2D eigenvalue weighted by Gasteiger charge is -2.05. The average molecular weight is 194 g/mol. The Kier molecular flexibility index (Phi) is 9.50. The second kappa shape index (κ2) is 9.32. The Bertz CT molecular complexity index is 90.4. The minimum absolute atomic E-state index is 0.149.